The van der Waals surface area contributed by atoms with Crippen LogP contribution < -0.4 is 0 Å². The van der Waals surface area contributed by atoms with E-state index < -0.39 is 18.4 Å². The minimum absolute atomic E-state index is 1.00. The number of ether oxygens (including phenoxy) is 3. The van der Waals surface area contributed by atoms with Gasteiger partial charge in [-0.2, -0.15) is 0 Å². The van der Waals surface area contributed by atoms with Gasteiger partial charge in [0.1, 0.15) is 0 Å². The third kappa shape index (κ3) is 2.81. The lowest BCUT2D eigenvalue weighted by Gasteiger charge is -2.15. The first-order chi connectivity index (χ1) is 5.17. The normalized spacial score (nSPS) is 13.2. The van der Waals surface area contributed by atoms with E-state index in [2.05, 4.69) is 14.2 Å². The van der Waals surface area contributed by atoms with E-state index in [1.165, 1.54) is 14.2 Å². The van der Waals surface area contributed by atoms with E-state index >= 15 is 0 Å². The van der Waals surface area contributed by atoms with Crippen LogP contribution in [0.3, 0.4) is 0 Å². The molecule has 0 unspecified atom stereocenters. The molecule has 0 bridgehead atoms. The van der Waals surface area contributed by atoms with E-state index in [1.807, 2.05) is 0 Å². The summed E-state index contributed by atoms with van der Waals surface area (Å²) in [7, 11) is 3.57. The molecule has 0 aliphatic heterocycles. The van der Waals surface area contributed by atoms with Crippen molar-refractivity contribution >= 4 is 5.97 Å². The Morgan fingerprint density at radius 1 is 1.27 bits per heavy atom. The maximum atomic E-state index is 12.7. The molecule has 0 saturated heterocycles. The smallest absolute Gasteiger partial charge is 0.345 e. The zero-order chi connectivity index (χ0) is 8.85. The van der Waals surface area contributed by atoms with Crippen molar-refractivity contribution in [3.05, 3.63) is 0 Å². The van der Waals surface area contributed by atoms with Crippen molar-refractivity contribution in [1.82, 2.24) is 0 Å². The van der Waals surface area contributed by atoms with Gasteiger partial charge < -0.3 is 14.2 Å². The molecule has 0 amide bonds. The minimum atomic E-state index is -1.89. The highest BCUT2D eigenvalue weighted by Gasteiger charge is 2.28. The van der Waals surface area contributed by atoms with Gasteiger partial charge in [0.2, 0.25) is 6.17 Å². The van der Waals surface area contributed by atoms with Crippen molar-refractivity contribution in [3.63, 3.8) is 0 Å². The molecule has 66 valence electrons. The molecule has 0 aromatic carbocycles. The van der Waals surface area contributed by atoms with E-state index in [9.17, 15) is 9.18 Å². The van der Waals surface area contributed by atoms with Gasteiger partial charge in [-0.3, -0.25) is 0 Å². The summed E-state index contributed by atoms with van der Waals surface area (Å²) in [6.07, 6.45) is -3.09. The summed E-state index contributed by atoms with van der Waals surface area (Å²) in [5.41, 5.74) is 0. The first-order valence-electron chi connectivity index (χ1n) is 2.94. The second kappa shape index (κ2) is 5.03. The summed E-state index contributed by atoms with van der Waals surface area (Å²) >= 11 is 0. The molecular formula is C6H11FO4. The van der Waals surface area contributed by atoms with Crippen LogP contribution >= 0.6 is 0 Å². The van der Waals surface area contributed by atoms with Crippen molar-refractivity contribution in [2.75, 3.05) is 21.3 Å². The van der Waals surface area contributed by atoms with Gasteiger partial charge in [-0.1, -0.05) is 0 Å². The van der Waals surface area contributed by atoms with Crippen LogP contribution in [0.1, 0.15) is 0 Å². The monoisotopic (exact) mass is 166 g/mol. The van der Waals surface area contributed by atoms with Crippen molar-refractivity contribution in [3.8, 4) is 0 Å². The number of carbonyl (C=O) groups excluding carboxylic acids is 1. The number of hydrogen-bond acceptors (Lipinski definition) is 4. The fourth-order valence-corrected chi connectivity index (χ4v) is 0.559. The number of esters is 1. The first kappa shape index (κ1) is 10.3. The van der Waals surface area contributed by atoms with Crippen LogP contribution in [0, 0.1) is 0 Å². The first-order valence-corrected chi connectivity index (χ1v) is 2.94. The van der Waals surface area contributed by atoms with Gasteiger partial charge in [-0.15, -0.1) is 0 Å². The van der Waals surface area contributed by atoms with Gasteiger partial charge in [0, 0.05) is 14.2 Å². The highest BCUT2D eigenvalue weighted by Crippen LogP contribution is 2.05. The molecule has 5 heteroatoms. The largest absolute Gasteiger partial charge is 0.467 e. The molecule has 4 nitrogen and oxygen atoms in total. The molecule has 0 N–H and O–H groups in total. The van der Waals surface area contributed by atoms with Crippen LogP contribution in [0.15, 0.2) is 0 Å². The number of rotatable bonds is 4. The highest BCUT2D eigenvalue weighted by atomic mass is 19.1. The number of halogens is 1. The Balaban J connectivity index is 3.97. The van der Waals surface area contributed by atoms with Crippen LogP contribution in [-0.2, 0) is 19.0 Å². The quantitative estimate of drug-likeness (QED) is 0.439. The Hall–Kier alpha value is -0.680. The number of carbonyl (C=O) groups is 1. The van der Waals surface area contributed by atoms with Gasteiger partial charge in [0.05, 0.1) is 7.11 Å². The van der Waals surface area contributed by atoms with Crippen molar-refractivity contribution in [2.24, 2.45) is 0 Å². The summed E-state index contributed by atoms with van der Waals surface area (Å²) in [4.78, 5) is 10.5. The molecular weight excluding hydrogens is 155 g/mol. The van der Waals surface area contributed by atoms with Gasteiger partial charge in [0.25, 0.3) is 0 Å². The Bertz CT molecular complexity index is 124. The molecule has 0 heterocycles. The lowest BCUT2D eigenvalue weighted by atomic mass is 10.4. The summed E-state index contributed by atoms with van der Waals surface area (Å²) in [5.74, 6) is -1.00. The van der Waals surface area contributed by atoms with Crippen molar-refractivity contribution < 1.29 is 23.4 Å². The fraction of sp³-hybridized carbons (Fsp3) is 0.833. The summed E-state index contributed by atoms with van der Waals surface area (Å²) in [6.45, 7) is 0. The van der Waals surface area contributed by atoms with Gasteiger partial charge >= 0.3 is 5.97 Å². The average molecular weight is 166 g/mol. The molecule has 0 fully saturated rings. The van der Waals surface area contributed by atoms with E-state index in [1.54, 1.807) is 0 Å². The molecule has 0 aromatic rings. The molecule has 0 aromatic heterocycles. The lowest BCUT2D eigenvalue weighted by molar-refractivity contribution is -0.177. The molecule has 1 atom stereocenters. The summed E-state index contributed by atoms with van der Waals surface area (Å²) < 4.78 is 25.8. The number of alkyl halides is 1. The van der Waals surface area contributed by atoms with E-state index in [-0.39, 0.29) is 0 Å². The summed E-state index contributed by atoms with van der Waals surface area (Å²) in [5, 5.41) is 0. The van der Waals surface area contributed by atoms with Crippen LogP contribution in [0.25, 0.3) is 0 Å². The van der Waals surface area contributed by atoms with Crippen LogP contribution in [0.5, 0.6) is 0 Å². The number of hydrogen-bond donors (Lipinski definition) is 0. The number of methoxy groups -OCH3 is 3. The maximum absolute atomic E-state index is 12.7. The zero-order valence-corrected chi connectivity index (χ0v) is 6.67. The van der Waals surface area contributed by atoms with E-state index in [0.29, 0.717) is 0 Å². The van der Waals surface area contributed by atoms with Gasteiger partial charge in [0.15, 0.2) is 6.29 Å². The Morgan fingerprint density at radius 2 is 1.73 bits per heavy atom. The topological polar surface area (TPSA) is 44.8 Å². The lowest BCUT2D eigenvalue weighted by Crippen LogP contribution is -2.33. The molecule has 0 aliphatic rings. The third-order valence-corrected chi connectivity index (χ3v) is 1.13. The minimum Gasteiger partial charge on any atom is -0.467 e. The molecule has 0 saturated carbocycles. The van der Waals surface area contributed by atoms with Crippen LogP contribution in [0.2, 0.25) is 0 Å². The average Bonchev–Trinajstić information content (AvgIpc) is 2.05. The zero-order valence-electron chi connectivity index (χ0n) is 6.67. The van der Waals surface area contributed by atoms with E-state index in [4.69, 9.17) is 0 Å². The third-order valence-electron chi connectivity index (χ3n) is 1.13. The maximum Gasteiger partial charge on any atom is 0.345 e. The van der Waals surface area contributed by atoms with E-state index in [0.717, 1.165) is 7.11 Å². The van der Waals surface area contributed by atoms with Gasteiger partial charge in [-0.05, 0) is 0 Å². The SMILES string of the molecule is COC(=O)[C@@H](F)C(OC)OC. The van der Waals surface area contributed by atoms with Gasteiger partial charge in [-0.25, -0.2) is 9.18 Å². The second-order valence-electron chi connectivity index (χ2n) is 1.76. The standard InChI is InChI=1S/C6H11FO4/c1-9-5(8)4(7)6(10-2)11-3/h4,6H,1-3H3/t4-/m1/s1. The van der Waals surface area contributed by atoms with Crippen LogP contribution in [0.4, 0.5) is 4.39 Å². The molecule has 0 radical (unpaired) electrons. The molecule has 0 spiro atoms. The summed E-state index contributed by atoms with van der Waals surface area (Å²) in [6, 6.07) is 0. The Morgan fingerprint density at radius 3 is 2.00 bits per heavy atom. The molecule has 0 rings (SSSR count). The van der Waals surface area contributed by atoms with Crippen LogP contribution in [-0.4, -0.2) is 39.8 Å². The Labute approximate surface area is 64.2 Å². The van der Waals surface area contributed by atoms with Crippen molar-refractivity contribution in [1.29, 1.82) is 0 Å². The predicted molar refractivity (Wildman–Crippen MR) is 34.7 cm³/mol. The Kier molecular flexibility index (Phi) is 4.72. The predicted octanol–water partition coefficient (Wildman–Crippen LogP) is 0.116. The highest BCUT2D eigenvalue weighted by molar-refractivity contribution is 5.74. The molecule has 11 heavy (non-hydrogen) atoms. The molecule has 0 aliphatic carbocycles. The fourth-order valence-electron chi connectivity index (χ4n) is 0.559. The second-order valence-corrected chi connectivity index (χ2v) is 1.76. The van der Waals surface area contributed by atoms with Crippen molar-refractivity contribution in [2.45, 2.75) is 12.5 Å².